The largest absolute Gasteiger partial charge is 0.468 e. The predicted molar refractivity (Wildman–Crippen MR) is 124 cm³/mol. The van der Waals surface area contributed by atoms with Gasteiger partial charge < -0.3 is 15.1 Å². The molecule has 0 saturated carbocycles. The molecule has 0 bridgehead atoms. The van der Waals surface area contributed by atoms with E-state index >= 15 is 0 Å². The van der Waals surface area contributed by atoms with Crippen molar-refractivity contribution < 1.29 is 4.42 Å². The third kappa shape index (κ3) is 7.99. The lowest BCUT2D eigenvalue weighted by Gasteiger charge is -2.33. The minimum absolute atomic E-state index is 0. The van der Waals surface area contributed by atoms with Gasteiger partial charge in [-0.3, -0.25) is 14.8 Å². The molecule has 0 spiro atoms. The molecule has 1 aliphatic heterocycles. The second-order valence-electron chi connectivity index (χ2n) is 7.23. The number of hydrogen-bond acceptors (Lipinski definition) is 4. The van der Waals surface area contributed by atoms with Crippen LogP contribution in [-0.4, -0.2) is 68.1 Å². The molecule has 1 fully saturated rings. The Morgan fingerprint density at radius 2 is 2.00 bits per heavy atom. The number of aliphatic imine (C=N–C) groups is 1. The molecule has 7 heteroatoms. The number of guanidine groups is 1. The summed E-state index contributed by atoms with van der Waals surface area (Å²) in [6.45, 7) is 12.7. The van der Waals surface area contributed by atoms with Crippen molar-refractivity contribution in [1.82, 2.24) is 20.4 Å². The molecule has 1 atom stereocenters. The van der Waals surface area contributed by atoms with Gasteiger partial charge in [0.25, 0.3) is 0 Å². The molecule has 0 radical (unpaired) electrons. The number of likely N-dealkylation sites (N-methyl/N-ethyl adjacent to an activating group) is 1. The molecular formula is C20H38IN5O. The molecule has 0 amide bonds. The van der Waals surface area contributed by atoms with E-state index in [0.717, 1.165) is 51.0 Å². The van der Waals surface area contributed by atoms with E-state index in [1.807, 2.05) is 13.1 Å². The molecule has 6 nitrogen and oxygen atoms in total. The number of nitrogens with zero attached hydrogens (tertiary/aromatic N) is 3. The van der Waals surface area contributed by atoms with Crippen LogP contribution in [0.15, 0.2) is 27.8 Å². The number of likely N-dealkylation sites (tertiary alicyclic amines) is 1. The summed E-state index contributed by atoms with van der Waals surface area (Å²) in [5, 5.41) is 6.94. The Morgan fingerprint density at radius 3 is 2.56 bits per heavy atom. The van der Waals surface area contributed by atoms with Gasteiger partial charge in [0.05, 0.1) is 12.3 Å². The molecule has 1 aliphatic rings. The van der Waals surface area contributed by atoms with Crippen LogP contribution in [0.25, 0.3) is 0 Å². The molecular weight excluding hydrogens is 453 g/mol. The van der Waals surface area contributed by atoms with Gasteiger partial charge in [-0.2, -0.15) is 0 Å². The summed E-state index contributed by atoms with van der Waals surface area (Å²) in [4.78, 5) is 9.35. The summed E-state index contributed by atoms with van der Waals surface area (Å²) in [6, 6.07) is 4.88. The van der Waals surface area contributed by atoms with Crippen LogP contribution in [0, 0.1) is 0 Å². The van der Waals surface area contributed by atoms with Gasteiger partial charge in [0.2, 0.25) is 0 Å². The topological polar surface area (TPSA) is 56.0 Å². The zero-order valence-electron chi connectivity index (χ0n) is 17.4. The van der Waals surface area contributed by atoms with E-state index in [4.69, 9.17) is 4.42 Å². The average Bonchev–Trinajstić information content (AvgIpc) is 3.18. The zero-order valence-corrected chi connectivity index (χ0v) is 19.7. The van der Waals surface area contributed by atoms with Crippen LogP contribution >= 0.6 is 24.0 Å². The molecule has 27 heavy (non-hydrogen) atoms. The molecule has 1 aromatic rings. The maximum absolute atomic E-state index is 5.72. The van der Waals surface area contributed by atoms with Crippen LogP contribution in [-0.2, 0) is 0 Å². The van der Waals surface area contributed by atoms with Crippen molar-refractivity contribution in [2.75, 3.05) is 46.3 Å². The minimum atomic E-state index is 0. The highest BCUT2D eigenvalue weighted by molar-refractivity contribution is 14.0. The minimum Gasteiger partial charge on any atom is -0.468 e. The lowest BCUT2D eigenvalue weighted by Crippen LogP contribution is -2.46. The summed E-state index contributed by atoms with van der Waals surface area (Å²) in [5.74, 6) is 1.89. The van der Waals surface area contributed by atoms with Crippen molar-refractivity contribution in [3.05, 3.63) is 24.2 Å². The normalized spacial score (nSPS) is 17.0. The molecule has 2 heterocycles. The monoisotopic (exact) mass is 491 g/mol. The highest BCUT2D eigenvalue weighted by Crippen LogP contribution is 2.24. The fourth-order valence-corrected chi connectivity index (χ4v) is 3.63. The van der Waals surface area contributed by atoms with Gasteiger partial charge in [0, 0.05) is 32.7 Å². The summed E-state index contributed by atoms with van der Waals surface area (Å²) < 4.78 is 5.72. The van der Waals surface area contributed by atoms with Crippen LogP contribution in [0.2, 0.25) is 0 Å². The van der Waals surface area contributed by atoms with E-state index in [1.165, 1.54) is 19.3 Å². The average molecular weight is 491 g/mol. The molecule has 0 aliphatic carbocycles. The zero-order chi connectivity index (χ0) is 18.8. The third-order valence-corrected chi connectivity index (χ3v) is 5.22. The van der Waals surface area contributed by atoms with Crippen LogP contribution in [0.3, 0.4) is 0 Å². The number of piperidine rings is 1. The summed E-state index contributed by atoms with van der Waals surface area (Å²) in [7, 11) is 1.83. The fraction of sp³-hybridized carbons (Fsp3) is 0.750. The van der Waals surface area contributed by atoms with Gasteiger partial charge >= 0.3 is 0 Å². The number of furan rings is 1. The number of halogens is 1. The van der Waals surface area contributed by atoms with E-state index in [9.17, 15) is 0 Å². The Kier molecular flexibility index (Phi) is 12.0. The van der Waals surface area contributed by atoms with Gasteiger partial charge in [0.15, 0.2) is 5.96 Å². The van der Waals surface area contributed by atoms with Crippen molar-refractivity contribution in [3.63, 3.8) is 0 Å². The smallest absolute Gasteiger partial charge is 0.191 e. The first-order chi connectivity index (χ1) is 12.7. The van der Waals surface area contributed by atoms with E-state index < -0.39 is 0 Å². The molecule has 1 aromatic heterocycles. The summed E-state index contributed by atoms with van der Waals surface area (Å²) >= 11 is 0. The SMILES string of the molecule is CCN(CCNC(=NC)NCC(c1ccco1)N1CCCCC1)C(C)C.I. The van der Waals surface area contributed by atoms with E-state index in [0.29, 0.717) is 6.04 Å². The first-order valence-electron chi connectivity index (χ1n) is 10.1. The number of hydrogen-bond donors (Lipinski definition) is 2. The van der Waals surface area contributed by atoms with Crippen LogP contribution in [0.4, 0.5) is 0 Å². The Labute approximate surface area is 182 Å². The van der Waals surface area contributed by atoms with Crippen molar-refractivity contribution in [3.8, 4) is 0 Å². The Hall–Kier alpha value is -0.800. The third-order valence-electron chi connectivity index (χ3n) is 5.22. The van der Waals surface area contributed by atoms with E-state index in [2.05, 4.69) is 52.3 Å². The fourth-order valence-electron chi connectivity index (χ4n) is 3.63. The van der Waals surface area contributed by atoms with Crippen molar-refractivity contribution in [2.45, 2.75) is 52.1 Å². The number of nitrogens with one attached hydrogen (secondary N) is 2. The highest BCUT2D eigenvalue weighted by atomic mass is 127. The van der Waals surface area contributed by atoms with Crippen molar-refractivity contribution in [2.24, 2.45) is 4.99 Å². The van der Waals surface area contributed by atoms with Crippen LogP contribution in [0.1, 0.15) is 51.8 Å². The summed E-state index contributed by atoms with van der Waals surface area (Å²) in [5.41, 5.74) is 0. The summed E-state index contributed by atoms with van der Waals surface area (Å²) in [6.07, 6.45) is 5.64. The second-order valence-corrected chi connectivity index (χ2v) is 7.23. The van der Waals surface area contributed by atoms with Gasteiger partial charge in [0.1, 0.15) is 5.76 Å². The Bertz CT molecular complexity index is 514. The first kappa shape index (κ1) is 24.2. The Balaban J connectivity index is 0.00000364. The highest BCUT2D eigenvalue weighted by Gasteiger charge is 2.24. The van der Waals surface area contributed by atoms with Gasteiger partial charge in [-0.05, 0) is 58.5 Å². The quantitative estimate of drug-likeness (QED) is 0.316. The maximum atomic E-state index is 5.72. The van der Waals surface area contributed by atoms with Gasteiger partial charge in [-0.1, -0.05) is 13.3 Å². The van der Waals surface area contributed by atoms with E-state index in [1.54, 1.807) is 6.26 Å². The van der Waals surface area contributed by atoms with Crippen LogP contribution < -0.4 is 10.6 Å². The maximum Gasteiger partial charge on any atom is 0.191 e. The van der Waals surface area contributed by atoms with Crippen molar-refractivity contribution in [1.29, 1.82) is 0 Å². The second kappa shape index (κ2) is 13.4. The molecule has 1 unspecified atom stereocenters. The molecule has 2 rings (SSSR count). The molecule has 1 saturated heterocycles. The Morgan fingerprint density at radius 1 is 1.26 bits per heavy atom. The molecule has 156 valence electrons. The standard InChI is InChI=1S/C20H37N5O.HI/c1-5-24(17(2)3)14-11-22-20(21-4)23-16-18(19-10-9-15-26-19)25-12-7-6-8-13-25;/h9-10,15,17-18H,5-8,11-14,16H2,1-4H3,(H2,21,22,23);1H. The first-order valence-corrected chi connectivity index (χ1v) is 10.1. The van der Waals surface area contributed by atoms with Gasteiger partial charge in [-0.15, -0.1) is 24.0 Å². The molecule has 2 N–H and O–H groups in total. The lowest BCUT2D eigenvalue weighted by atomic mass is 10.1. The van der Waals surface area contributed by atoms with Crippen molar-refractivity contribution >= 4 is 29.9 Å². The van der Waals surface area contributed by atoms with Crippen LogP contribution in [0.5, 0.6) is 0 Å². The number of rotatable bonds is 9. The lowest BCUT2D eigenvalue weighted by molar-refractivity contribution is 0.146. The van der Waals surface area contributed by atoms with E-state index in [-0.39, 0.29) is 30.0 Å². The predicted octanol–water partition coefficient (Wildman–Crippen LogP) is 3.32. The molecule has 0 aromatic carbocycles. The van der Waals surface area contributed by atoms with Gasteiger partial charge in [-0.25, -0.2) is 0 Å².